The molecule has 0 heterocycles. The van der Waals surface area contributed by atoms with Crippen LogP contribution >= 0.6 is 15.9 Å². The number of benzene rings is 2. The Balaban J connectivity index is 1.65. The van der Waals surface area contributed by atoms with Crippen molar-refractivity contribution in [2.75, 3.05) is 5.32 Å². The first-order valence-electron chi connectivity index (χ1n) is 7.56. The highest BCUT2D eigenvalue weighted by molar-refractivity contribution is 9.10. The van der Waals surface area contributed by atoms with E-state index >= 15 is 0 Å². The Morgan fingerprint density at radius 1 is 1.00 bits per heavy atom. The van der Waals surface area contributed by atoms with Crippen LogP contribution in [-0.4, -0.2) is 18.0 Å². The molecule has 0 saturated heterocycles. The quantitative estimate of drug-likeness (QED) is 0.561. The number of anilines is 1. The standard InChI is InChI=1S/C18H18BrN3O2/c19-15-8-4-9-16(12-15)21-17(23)10-5-11-18(24)22-20-13-14-6-2-1-3-7-14/h1-4,6-9,12-13H,5,10-11H2,(H,21,23)(H,22,24)/b20-13-. The van der Waals surface area contributed by atoms with Crippen LogP contribution in [0.1, 0.15) is 24.8 Å². The lowest BCUT2D eigenvalue weighted by Crippen LogP contribution is -2.18. The van der Waals surface area contributed by atoms with E-state index in [2.05, 4.69) is 31.8 Å². The number of hydrazone groups is 1. The van der Waals surface area contributed by atoms with E-state index in [0.29, 0.717) is 6.42 Å². The molecular weight excluding hydrogens is 370 g/mol. The lowest BCUT2D eigenvalue weighted by molar-refractivity contribution is -0.121. The number of carbonyl (C=O) groups is 2. The van der Waals surface area contributed by atoms with Gasteiger partial charge in [0.25, 0.3) is 0 Å². The maximum Gasteiger partial charge on any atom is 0.240 e. The van der Waals surface area contributed by atoms with Gasteiger partial charge < -0.3 is 5.32 Å². The monoisotopic (exact) mass is 387 g/mol. The number of carbonyl (C=O) groups excluding carboxylic acids is 2. The third-order valence-electron chi connectivity index (χ3n) is 3.12. The number of amides is 2. The molecule has 2 amide bonds. The normalized spacial score (nSPS) is 10.5. The molecule has 6 heteroatoms. The minimum Gasteiger partial charge on any atom is -0.326 e. The van der Waals surface area contributed by atoms with Gasteiger partial charge in [-0.25, -0.2) is 5.43 Å². The van der Waals surface area contributed by atoms with Crippen molar-refractivity contribution in [3.63, 3.8) is 0 Å². The lowest BCUT2D eigenvalue weighted by atomic mass is 10.2. The van der Waals surface area contributed by atoms with Crippen LogP contribution in [0.25, 0.3) is 0 Å². The number of rotatable bonds is 7. The van der Waals surface area contributed by atoms with Crippen molar-refractivity contribution in [1.29, 1.82) is 0 Å². The van der Waals surface area contributed by atoms with Gasteiger partial charge in [0.2, 0.25) is 11.8 Å². The molecule has 0 aromatic heterocycles. The summed E-state index contributed by atoms with van der Waals surface area (Å²) in [5, 5.41) is 6.68. The van der Waals surface area contributed by atoms with Gasteiger partial charge in [0.15, 0.2) is 0 Å². The van der Waals surface area contributed by atoms with E-state index in [1.54, 1.807) is 6.21 Å². The molecule has 0 saturated carbocycles. The lowest BCUT2D eigenvalue weighted by Gasteiger charge is -2.05. The van der Waals surface area contributed by atoms with Crippen molar-refractivity contribution in [2.45, 2.75) is 19.3 Å². The Bertz CT molecular complexity index is 717. The average Bonchev–Trinajstić information content (AvgIpc) is 2.56. The molecule has 2 N–H and O–H groups in total. The van der Waals surface area contributed by atoms with Crippen LogP contribution in [0.2, 0.25) is 0 Å². The van der Waals surface area contributed by atoms with E-state index in [-0.39, 0.29) is 24.7 Å². The molecule has 0 radical (unpaired) electrons. The molecule has 24 heavy (non-hydrogen) atoms. The zero-order chi connectivity index (χ0) is 17.2. The number of hydrogen-bond acceptors (Lipinski definition) is 3. The largest absolute Gasteiger partial charge is 0.326 e. The third-order valence-corrected chi connectivity index (χ3v) is 3.61. The number of halogens is 1. The number of nitrogens with zero attached hydrogens (tertiary/aromatic N) is 1. The van der Waals surface area contributed by atoms with E-state index < -0.39 is 0 Å². The fourth-order valence-corrected chi connectivity index (χ4v) is 2.37. The molecule has 0 atom stereocenters. The first kappa shape index (κ1) is 17.9. The van der Waals surface area contributed by atoms with Gasteiger partial charge in [0, 0.05) is 23.0 Å². The summed E-state index contributed by atoms with van der Waals surface area (Å²) < 4.78 is 0.899. The van der Waals surface area contributed by atoms with E-state index in [1.165, 1.54) is 0 Å². The number of nitrogens with one attached hydrogen (secondary N) is 2. The minimum absolute atomic E-state index is 0.117. The second kappa shape index (κ2) is 9.62. The Hall–Kier alpha value is -2.47. The summed E-state index contributed by atoms with van der Waals surface area (Å²) in [6.07, 6.45) is 2.57. The van der Waals surface area contributed by atoms with Crippen LogP contribution in [0.5, 0.6) is 0 Å². The molecule has 124 valence electrons. The molecule has 0 fully saturated rings. The molecular formula is C18H18BrN3O2. The molecule has 2 aromatic carbocycles. The Kier molecular flexibility index (Phi) is 7.17. The van der Waals surface area contributed by atoms with Gasteiger partial charge in [-0.05, 0) is 30.2 Å². The van der Waals surface area contributed by atoms with Gasteiger partial charge >= 0.3 is 0 Å². The van der Waals surface area contributed by atoms with E-state index in [0.717, 1.165) is 15.7 Å². The summed E-state index contributed by atoms with van der Waals surface area (Å²) in [7, 11) is 0. The molecule has 0 spiro atoms. The Morgan fingerprint density at radius 2 is 1.75 bits per heavy atom. The molecule has 0 unspecified atom stereocenters. The first-order valence-corrected chi connectivity index (χ1v) is 8.35. The van der Waals surface area contributed by atoms with Crippen LogP contribution in [-0.2, 0) is 9.59 Å². The molecule has 0 bridgehead atoms. The van der Waals surface area contributed by atoms with Crippen molar-refractivity contribution in [3.05, 3.63) is 64.6 Å². The maximum absolute atomic E-state index is 11.8. The van der Waals surface area contributed by atoms with Crippen molar-refractivity contribution in [1.82, 2.24) is 5.43 Å². The van der Waals surface area contributed by atoms with E-state index in [4.69, 9.17) is 0 Å². The predicted molar refractivity (Wildman–Crippen MR) is 98.8 cm³/mol. The molecule has 0 aliphatic heterocycles. The SMILES string of the molecule is O=C(CCCC(=O)Nc1cccc(Br)c1)N/N=C\c1ccccc1. The van der Waals surface area contributed by atoms with Crippen molar-refractivity contribution < 1.29 is 9.59 Å². The molecule has 5 nitrogen and oxygen atoms in total. The van der Waals surface area contributed by atoms with Crippen molar-refractivity contribution in [2.24, 2.45) is 5.10 Å². The van der Waals surface area contributed by atoms with E-state index in [9.17, 15) is 9.59 Å². The maximum atomic E-state index is 11.8. The van der Waals surface area contributed by atoms with Crippen LogP contribution in [0.3, 0.4) is 0 Å². The molecule has 0 aliphatic rings. The third kappa shape index (κ3) is 6.75. The zero-order valence-electron chi connectivity index (χ0n) is 13.0. The zero-order valence-corrected chi connectivity index (χ0v) is 14.6. The highest BCUT2D eigenvalue weighted by atomic mass is 79.9. The summed E-state index contributed by atoms with van der Waals surface area (Å²) in [6, 6.07) is 16.9. The fourth-order valence-electron chi connectivity index (χ4n) is 1.97. The molecule has 2 aromatic rings. The highest BCUT2D eigenvalue weighted by Gasteiger charge is 2.05. The second-order valence-electron chi connectivity index (χ2n) is 5.12. The van der Waals surface area contributed by atoms with E-state index in [1.807, 2.05) is 54.6 Å². The van der Waals surface area contributed by atoms with Crippen LogP contribution < -0.4 is 10.7 Å². The van der Waals surface area contributed by atoms with Gasteiger partial charge in [-0.2, -0.15) is 5.10 Å². The Morgan fingerprint density at radius 3 is 2.50 bits per heavy atom. The average molecular weight is 388 g/mol. The summed E-state index contributed by atoms with van der Waals surface area (Å²) in [5.74, 6) is -0.328. The van der Waals surface area contributed by atoms with Gasteiger partial charge in [-0.3, -0.25) is 9.59 Å². The summed E-state index contributed by atoms with van der Waals surface area (Å²) in [4.78, 5) is 23.5. The predicted octanol–water partition coefficient (Wildman–Crippen LogP) is 3.71. The van der Waals surface area contributed by atoms with Crippen molar-refractivity contribution >= 4 is 39.6 Å². The summed E-state index contributed by atoms with van der Waals surface area (Å²) in [6.45, 7) is 0. The van der Waals surface area contributed by atoms with Crippen LogP contribution in [0.4, 0.5) is 5.69 Å². The summed E-state index contributed by atoms with van der Waals surface area (Å²) in [5.41, 5.74) is 4.09. The van der Waals surface area contributed by atoms with Gasteiger partial charge in [0.05, 0.1) is 6.21 Å². The highest BCUT2D eigenvalue weighted by Crippen LogP contribution is 2.15. The molecule has 0 aliphatic carbocycles. The number of hydrogen-bond donors (Lipinski definition) is 2. The topological polar surface area (TPSA) is 70.6 Å². The van der Waals surface area contributed by atoms with Crippen LogP contribution in [0.15, 0.2) is 64.2 Å². The van der Waals surface area contributed by atoms with Gasteiger partial charge in [-0.1, -0.05) is 52.3 Å². The second-order valence-corrected chi connectivity index (χ2v) is 6.03. The van der Waals surface area contributed by atoms with Gasteiger partial charge in [0.1, 0.15) is 0 Å². The molecule has 2 rings (SSSR count). The summed E-state index contributed by atoms with van der Waals surface area (Å²) >= 11 is 3.35. The fraction of sp³-hybridized carbons (Fsp3) is 0.167. The first-order chi connectivity index (χ1) is 11.6. The van der Waals surface area contributed by atoms with Crippen LogP contribution in [0, 0.1) is 0 Å². The minimum atomic E-state index is -0.211. The Labute approximate surface area is 149 Å². The van der Waals surface area contributed by atoms with Gasteiger partial charge in [-0.15, -0.1) is 0 Å². The van der Waals surface area contributed by atoms with Crippen molar-refractivity contribution in [3.8, 4) is 0 Å². The smallest absolute Gasteiger partial charge is 0.240 e.